The molecule has 2 N–H and O–H groups in total. The zero-order valence-electron chi connectivity index (χ0n) is 21.5. The fourth-order valence-electron chi connectivity index (χ4n) is 4.38. The van der Waals surface area contributed by atoms with Crippen molar-refractivity contribution in [3.05, 3.63) is 77.9 Å². The van der Waals surface area contributed by atoms with Gasteiger partial charge in [-0.25, -0.2) is 19.9 Å². The minimum Gasteiger partial charge on any atom is -0.364 e. The summed E-state index contributed by atoms with van der Waals surface area (Å²) in [4.78, 5) is 20.8. The van der Waals surface area contributed by atoms with Crippen molar-refractivity contribution in [3.8, 4) is 22.8 Å². The normalized spacial score (nSPS) is 12.1. The molecule has 5 aromatic rings. The Labute approximate surface area is 218 Å². The number of aromatic nitrogens is 6. The topological polar surface area (TPSA) is 84.3 Å². The molecule has 0 fully saturated rings. The number of rotatable bonds is 7. The Hall–Kier alpha value is -4.21. The summed E-state index contributed by atoms with van der Waals surface area (Å²) >= 11 is 0. The number of H-pyrrole nitrogens is 1. The van der Waals surface area contributed by atoms with Crippen LogP contribution in [0.4, 0.5) is 19.0 Å². The lowest BCUT2D eigenvalue weighted by Gasteiger charge is -2.14. The predicted molar refractivity (Wildman–Crippen MR) is 142 cm³/mol. The molecule has 5 rings (SSSR count). The van der Waals surface area contributed by atoms with Crippen LogP contribution in [0.3, 0.4) is 0 Å². The van der Waals surface area contributed by atoms with E-state index in [0.717, 1.165) is 22.9 Å². The predicted octanol–water partition coefficient (Wildman–Crippen LogP) is 7.22. The Morgan fingerprint density at radius 1 is 0.947 bits per heavy atom. The number of benzene rings is 2. The van der Waals surface area contributed by atoms with Crippen LogP contribution in [0.1, 0.15) is 56.5 Å². The number of nitrogens with one attached hydrogen (secondary N) is 2. The number of nitrogens with zero attached hydrogens (tertiary/aromatic N) is 5. The van der Waals surface area contributed by atoms with E-state index in [2.05, 4.69) is 45.2 Å². The summed E-state index contributed by atoms with van der Waals surface area (Å²) in [5, 5.41) is 3.37. The van der Waals surface area contributed by atoms with E-state index in [1.54, 1.807) is 23.0 Å². The third-order valence-electron chi connectivity index (χ3n) is 6.36. The molecular weight excluding hydrogens is 491 g/mol. The first-order chi connectivity index (χ1) is 18.1. The first-order valence-corrected chi connectivity index (χ1v) is 12.4. The van der Waals surface area contributed by atoms with E-state index in [1.807, 2.05) is 44.2 Å². The van der Waals surface area contributed by atoms with Crippen LogP contribution in [0.15, 0.2) is 61.1 Å². The Kier molecular flexibility index (Phi) is 6.64. The fraction of sp³-hybridized carbons (Fsp3) is 0.286. The Morgan fingerprint density at radius 3 is 2.37 bits per heavy atom. The van der Waals surface area contributed by atoms with Crippen molar-refractivity contribution >= 4 is 17.0 Å². The van der Waals surface area contributed by atoms with Crippen LogP contribution in [0, 0.1) is 0 Å². The molecular formula is C28H28F3N7. The molecule has 196 valence electrons. The van der Waals surface area contributed by atoms with Gasteiger partial charge in [0, 0.05) is 29.9 Å². The third-order valence-corrected chi connectivity index (χ3v) is 6.36. The monoisotopic (exact) mass is 519 g/mol. The van der Waals surface area contributed by atoms with Crippen molar-refractivity contribution in [2.24, 2.45) is 0 Å². The number of imidazole rings is 2. The molecule has 0 aliphatic heterocycles. The molecule has 38 heavy (non-hydrogen) atoms. The molecule has 0 unspecified atom stereocenters. The van der Waals surface area contributed by atoms with E-state index in [0.29, 0.717) is 40.8 Å². The summed E-state index contributed by atoms with van der Waals surface area (Å²) in [6.07, 6.45) is -1.85. The van der Waals surface area contributed by atoms with E-state index in [-0.39, 0.29) is 11.9 Å². The molecule has 0 aliphatic carbocycles. The SMILES string of the molecule is CC(C)c1ccccc1-c1nc(NCc2ccc(-c3nc(C(F)(F)F)cn3C(C)C)cc2)c2[nH]cnc2n1. The van der Waals surface area contributed by atoms with Gasteiger partial charge in [-0.2, -0.15) is 13.2 Å². The van der Waals surface area contributed by atoms with Gasteiger partial charge in [-0.1, -0.05) is 62.4 Å². The molecule has 0 bridgehead atoms. The quantitative estimate of drug-likeness (QED) is 0.237. The van der Waals surface area contributed by atoms with Gasteiger partial charge < -0.3 is 14.9 Å². The van der Waals surface area contributed by atoms with Gasteiger partial charge in [0.05, 0.1) is 6.33 Å². The van der Waals surface area contributed by atoms with Crippen molar-refractivity contribution in [3.63, 3.8) is 0 Å². The molecule has 0 radical (unpaired) electrons. The summed E-state index contributed by atoms with van der Waals surface area (Å²) in [5.74, 6) is 1.80. The first kappa shape index (κ1) is 25.4. The van der Waals surface area contributed by atoms with Gasteiger partial charge >= 0.3 is 6.18 Å². The maximum Gasteiger partial charge on any atom is 0.434 e. The van der Waals surface area contributed by atoms with E-state index in [4.69, 9.17) is 4.98 Å². The number of halogens is 3. The van der Waals surface area contributed by atoms with Gasteiger partial charge in [0.15, 0.2) is 23.0 Å². The summed E-state index contributed by atoms with van der Waals surface area (Å²) in [5.41, 5.74) is 4.02. The van der Waals surface area contributed by atoms with E-state index >= 15 is 0 Å². The highest BCUT2D eigenvalue weighted by Gasteiger charge is 2.35. The van der Waals surface area contributed by atoms with Crippen molar-refractivity contribution in [2.45, 2.75) is 52.4 Å². The number of anilines is 1. The number of aromatic amines is 1. The Bertz CT molecular complexity index is 1560. The average Bonchev–Trinajstić information content (AvgIpc) is 3.55. The fourth-order valence-corrected chi connectivity index (χ4v) is 4.38. The largest absolute Gasteiger partial charge is 0.434 e. The van der Waals surface area contributed by atoms with Crippen LogP contribution in [0.25, 0.3) is 33.9 Å². The standard InChI is InChI=1S/C28H28F3N7/c1-16(2)20-7-5-6-8-21(20)24-36-25(23-26(37-24)34-15-33-23)32-13-18-9-11-19(12-10-18)27-35-22(28(29,30)31)14-38(27)17(3)4/h5-12,14-17H,13H2,1-4H3,(H2,32,33,34,36,37). The summed E-state index contributed by atoms with van der Waals surface area (Å²) < 4.78 is 41.4. The second-order valence-electron chi connectivity index (χ2n) is 9.74. The van der Waals surface area contributed by atoms with E-state index in [9.17, 15) is 13.2 Å². The summed E-state index contributed by atoms with van der Waals surface area (Å²) in [6, 6.07) is 15.2. The number of fused-ring (bicyclic) bond motifs is 1. The molecule has 0 atom stereocenters. The highest BCUT2D eigenvalue weighted by molar-refractivity contribution is 5.85. The van der Waals surface area contributed by atoms with Crippen molar-refractivity contribution in [1.82, 2.24) is 29.5 Å². The Balaban J connectivity index is 1.41. The molecule has 10 heteroatoms. The second-order valence-corrected chi connectivity index (χ2v) is 9.74. The van der Waals surface area contributed by atoms with Crippen LogP contribution >= 0.6 is 0 Å². The molecule has 0 spiro atoms. The van der Waals surface area contributed by atoms with Crippen LogP contribution < -0.4 is 5.32 Å². The lowest BCUT2D eigenvalue weighted by molar-refractivity contribution is -0.140. The van der Waals surface area contributed by atoms with Gasteiger partial charge in [-0.15, -0.1) is 0 Å². The third kappa shape index (κ3) is 4.98. The smallest absolute Gasteiger partial charge is 0.364 e. The molecule has 3 aromatic heterocycles. The zero-order chi connectivity index (χ0) is 27.0. The zero-order valence-corrected chi connectivity index (χ0v) is 21.5. The summed E-state index contributed by atoms with van der Waals surface area (Å²) in [6.45, 7) is 8.37. The van der Waals surface area contributed by atoms with Crippen LogP contribution in [0.5, 0.6) is 0 Å². The first-order valence-electron chi connectivity index (χ1n) is 12.4. The maximum atomic E-state index is 13.3. The van der Waals surface area contributed by atoms with Crippen molar-refractivity contribution < 1.29 is 13.2 Å². The highest BCUT2D eigenvalue weighted by Crippen LogP contribution is 2.33. The van der Waals surface area contributed by atoms with E-state index < -0.39 is 11.9 Å². The lowest BCUT2D eigenvalue weighted by atomic mass is 9.97. The van der Waals surface area contributed by atoms with E-state index in [1.165, 1.54) is 0 Å². The van der Waals surface area contributed by atoms with Gasteiger partial charge in [-0.05, 0) is 30.9 Å². The highest BCUT2D eigenvalue weighted by atomic mass is 19.4. The molecule has 7 nitrogen and oxygen atoms in total. The van der Waals surface area contributed by atoms with Gasteiger partial charge in [-0.3, -0.25) is 0 Å². The maximum absolute atomic E-state index is 13.3. The number of alkyl halides is 3. The minimum atomic E-state index is -4.50. The van der Waals surface area contributed by atoms with Crippen molar-refractivity contribution in [1.29, 1.82) is 0 Å². The number of hydrogen-bond donors (Lipinski definition) is 2. The molecule has 2 aromatic carbocycles. The van der Waals surface area contributed by atoms with Gasteiger partial charge in [0.25, 0.3) is 0 Å². The lowest BCUT2D eigenvalue weighted by Crippen LogP contribution is -2.05. The van der Waals surface area contributed by atoms with Crippen LogP contribution in [0.2, 0.25) is 0 Å². The van der Waals surface area contributed by atoms with Gasteiger partial charge in [0.2, 0.25) is 0 Å². The van der Waals surface area contributed by atoms with Crippen LogP contribution in [-0.2, 0) is 12.7 Å². The second kappa shape index (κ2) is 9.92. The summed E-state index contributed by atoms with van der Waals surface area (Å²) in [7, 11) is 0. The molecule has 0 saturated heterocycles. The molecule has 0 saturated carbocycles. The molecule has 3 heterocycles. The minimum absolute atomic E-state index is 0.167. The Morgan fingerprint density at radius 2 is 1.68 bits per heavy atom. The van der Waals surface area contributed by atoms with Crippen LogP contribution in [-0.4, -0.2) is 29.5 Å². The molecule has 0 amide bonds. The van der Waals surface area contributed by atoms with Crippen molar-refractivity contribution in [2.75, 3.05) is 5.32 Å². The van der Waals surface area contributed by atoms with Gasteiger partial charge in [0.1, 0.15) is 11.3 Å². The molecule has 0 aliphatic rings. The number of hydrogen-bond acceptors (Lipinski definition) is 5. The average molecular weight is 520 g/mol.